The Balaban J connectivity index is 1.33. The first-order valence-electron chi connectivity index (χ1n) is 16.3. The van der Waals surface area contributed by atoms with Gasteiger partial charge in [-0.15, -0.1) is 0 Å². The summed E-state index contributed by atoms with van der Waals surface area (Å²) < 4.78 is 22.2. The molecule has 3 atom stereocenters. The first kappa shape index (κ1) is 33.5. The Labute approximate surface area is 269 Å². The van der Waals surface area contributed by atoms with Crippen molar-refractivity contribution in [3.05, 3.63) is 47.5 Å². The van der Waals surface area contributed by atoms with Crippen LogP contribution in [0.5, 0.6) is 0 Å². The zero-order chi connectivity index (χ0) is 33.0. The monoisotopic (exact) mass is 639 g/mol. The first-order chi connectivity index (χ1) is 22.1. The van der Waals surface area contributed by atoms with Crippen LogP contribution >= 0.6 is 0 Å². The number of hydrogen-bond donors (Lipinski definition) is 3. The molecule has 4 amide bonds. The Hall–Kier alpha value is -3.84. The number of amides is 4. The number of methoxy groups -OCH3 is 1. The molecule has 0 bridgehead atoms. The van der Waals surface area contributed by atoms with Gasteiger partial charge in [-0.1, -0.05) is 13.0 Å². The van der Waals surface area contributed by atoms with Gasteiger partial charge in [0.15, 0.2) is 0 Å². The first-order valence-corrected chi connectivity index (χ1v) is 16.3. The third kappa shape index (κ3) is 7.92. The van der Waals surface area contributed by atoms with Crippen LogP contribution in [0.2, 0.25) is 0 Å². The van der Waals surface area contributed by atoms with E-state index >= 15 is 4.39 Å². The smallest absolute Gasteiger partial charge is 0.270 e. The number of benzene rings is 1. The van der Waals surface area contributed by atoms with Crippen LogP contribution in [-0.4, -0.2) is 102 Å². The van der Waals surface area contributed by atoms with Gasteiger partial charge in [-0.3, -0.25) is 23.9 Å². The largest absolute Gasteiger partial charge is 0.375 e. The van der Waals surface area contributed by atoms with Crippen LogP contribution in [-0.2, 0) is 25.7 Å². The van der Waals surface area contributed by atoms with Gasteiger partial charge < -0.3 is 30.5 Å². The molecule has 0 radical (unpaired) electrons. The van der Waals surface area contributed by atoms with Gasteiger partial charge in [-0.2, -0.15) is 5.10 Å². The van der Waals surface area contributed by atoms with Crippen LogP contribution in [0.15, 0.2) is 30.5 Å². The van der Waals surface area contributed by atoms with E-state index in [9.17, 15) is 19.2 Å². The molecule has 13 heteroatoms. The lowest BCUT2D eigenvalue weighted by Gasteiger charge is -2.36. The zero-order valence-electron chi connectivity index (χ0n) is 27.1. The van der Waals surface area contributed by atoms with E-state index in [1.165, 1.54) is 19.2 Å². The lowest BCUT2D eigenvalue weighted by molar-refractivity contribution is -0.139. The van der Waals surface area contributed by atoms with Gasteiger partial charge in [-0.05, 0) is 81.2 Å². The van der Waals surface area contributed by atoms with E-state index in [1.54, 1.807) is 34.8 Å². The highest BCUT2D eigenvalue weighted by Gasteiger charge is 2.48. The Morgan fingerprint density at radius 1 is 1.00 bits per heavy atom. The molecule has 2 aliphatic carbocycles. The summed E-state index contributed by atoms with van der Waals surface area (Å²) in [5.41, 5.74) is 0.843. The van der Waals surface area contributed by atoms with E-state index in [0.29, 0.717) is 55.8 Å². The molecule has 2 saturated carbocycles. The highest BCUT2D eigenvalue weighted by molar-refractivity contribution is 6.01. The number of likely N-dealkylation sites (N-methyl/N-ethyl adjacent to an activating group) is 1. The van der Waals surface area contributed by atoms with Crippen molar-refractivity contribution in [2.45, 2.75) is 64.1 Å². The van der Waals surface area contributed by atoms with E-state index in [-0.39, 0.29) is 30.0 Å². The topological polar surface area (TPSA) is 138 Å². The van der Waals surface area contributed by atoms with Crippen molar-refractivity contribution < 1.29 is 28.3 Å². The summed E-state index contributed by atoms with van der Waals surface area (Å²) in [5.74, 6) is -2.12. The Bertz CT molecular complexity index is 1400. The van der Waals surface area contributed by atoms with Crippen molar-refractivity contribution in [2.75, 3.05) is 52.3 Å². The fourth-order valence-corrected chi connectivity index (χ4v) is 6.51. The predicted molar refractivity (Wildman–Crippen MR) is 169 cm³/mol. The minimum Gasteiger partial charge on any atom is -0.375 e. The maximum absolute atomic E-state index is 15.7. The minimum absolute atomic E-state index is 0.0190. The molecule has 1 aliphatic heterocycles. The molecule has 1 aromatic heterocycles. The fraction of sp³-hybridized carbons (Fsp3) is 0.606. The molecule has 0 spiro atoms. The summed E-state index contributed by atoms with van der Waals surface area (Å²) in [6, 6.07) is 4.28. The third-order valence-corrected chi connectivity index (χ3v) is 9.49. The molecule has 3 fully saturated rings. The van der Waals surface area contributed by atoms with Crippen LogP contribution in [0.25, 0.3) is 0 Å². The summed E-state index contributed by atoms with van der Waals surface area (Å²) in [4.78, 5) is 57.0. The molecule has 3 unspecified atom stereocenters. The second-order valence-electron chi connectivity index (χ2n) is 12.9. The van der Waals surface area contributed by atoms with Crippen molar-refractivity contribution in [1.29, 1.82) is 0 Å². The second kappa shape index (κ2) is 14.7. The highest BCUT2D eigenvalue weighted by Crippen LogP contribution is 2.51. The number of hydrogen-bond acceptors (Lipinski definition) is 7. The number of aryl methyl sites for hydroxylation is 1. The normalized spacial score (nSPS) is 19.0. The molecule has 1 saturated heterocycles. The number of nitrogens with one attached hydrogen (secondary N) is 3. The number of nitrogens with zero attached hydrogens (tertiary/aromatic N) is 4. The van der Waals surface area contributed by atoms with Crippen LogP contribution in [0, 0.1) is 23.6 Å². The van der Waals surface area contributed by atoms with Gasteiger partial charge in [0.25, 0.3) is 5.91 Å². The molecule has 46 heavy (non-hydrogen) atoms. The van der Waals surface area contributed by atoms with E-state index in [1.807, 2.05) is 14.0 Å². The van der Waals surface area contributed by atoms with Gasteiger partial charge >= 0.3 is 0 Å². The summed E-state index contributed by atoms with van der Waals surface area (Å²) in [7, 11) is 3.39. The number of carbonyl (C=O) groups excluding carboxylic acids is 4. The van der Waals surface area contributed by atoms with Gasteiger partial charge in [0.2, 0.25) is 17.7 Å². The SMILES string of the molecule is CCn1nccc1C(=O)NC(C(=O)Nc1ccc(C(C)C(NC(=O)COC)C(=O)N2CCN(C)CC2)cc1F)C(C1CC1)C1CC1. The molecule has 250 valence electrons. The van der Waals surface area contributed by atoms with E-state index < -0.39 is 35.6 Å². The molecule has 2 heterocycles. The van der Waals surface area contributed by atoms with Crippen molar-refractivity contribution in [3.63, 3.8) is 0 Å². The van der Waals surface area contributed by atoms with Crippen LogP contribution in [0.4, 0.5) is 10.1 Å². The second-order valence-corrected chi connectivity index (χ2v) is 12.9. The Morgan fingerprint density at radius 3 is 2.26 bits per heavy atom. The quantitative estimate of drug-likeness (QED) is 0.288. The summed E-state index contributed by atoms with van der Waals surface area (Å²) in [6.07, 6.45) is 5.57. The summed E-state index contributed by atoms with van der Waals surface area (Å²) >= 11 is 0. The van der Waals surface area contributed by atoms with E-state index in [2.05, 4.69) is 25.9 Å². The number of anilines is 1. The number of piperazine rings is 1. The van der Waals surface area contributed by atoms with Crippen LogP contribution < -0.4 is 16.0 Å². The van der Waals surface area contributed by atoms with Gasteiger partial charge in [0, 0.05) is 51.9 Å². The Kier molecular flexibility index (Phi) is 10.7. The standard InChI is InChI=1S/C33H46FN7O5/c1-5-41-26(12-13-35-41)31(43)38-30(28(21-6-7-21)22-8-9-22)32(44)36-25-11-10-23(18-24(25)34)20(2)29(37-27(42)19-46-4)33(45)40-16-14-39(3)15-17-40/h10-13,18,20-22,28-30H,5-9,14-17,19H2,1-4H3,(H,36,44)(H,37,42)(H,38,43). The highest BCUT2D eigenvalue weighted by atomic mass is 19.1. The average Bonchev–Trinajstić information content (AvgIpc) is 3.99. The van der Waals surface area contributed by atoms with Crippen molar-refractivity contribution in [1.82, 2.24) is 30.2 Å². The van der Waals surface area contributed by atoms with Crippen LogP contribution in [0.3, 0.4) is 0 Å². The fourth-order valence-electron chi connectivity index (χ4n) is 6.51. The van der Waals surface area contributed by atoms with Crippen molar-refractivity contribution in [3.8, 4) is 0 Å². The van der Waals surface area contributed by atoms with Gasteiger partial charge in [-0.25, -0.2) is 4.39 Å². The molecule has 3 N–H and O–H groups in total. The lowest BCUT2D eigenvalue weighted by atomic mass is 9.88. The molecule has 2 aromatic rings. The molecule has 3 aliphatic rings. The van der Waals surface area contributed by atoms with E-state index in [0.717, 1.165) is 25.7 Å². The summed E-state index contributed by atoms with van der Waals surface area (Å²) in [5, 5.41) is 12.7. The van der Waals surface area contributed by atoms with Gasteiger partial charge in [0.1, 0.15) is 30.2 Å². The zero-order valence-corrected chi connectivity index (χ0v) is 27.1. The minimum atomic E-state index is -0.931. The third-order valence-electron chi connectivity index (χ3n) is 9.49. The summed E-state index contributed by atoms with van der Waals surface area (Å²) in [6.45, 7) is 6.44. The van der Waals surface area contributed by atoms with Crippen molar-refractivity contribution in [2.24, 2.45) is 17.8 Å². The predicted octanol–water partition coefficient (Wildman–Crippen LogP) is 2.22. The molecular weight excluding hydrogens is 593 g/mol. The van der Waals surface area contributed by atoms with E-state index in [4.69, 9.17) is 4.74 Å². The number of halogens is 1. The lowest BCUT2D eigenvalue weighted by Crippen LogP contribution is -2.56. The average molecular weight is 640 g/mol. The maximum Gasteiger partial charge on any atom is 0.270 e. The molecule has 1 aromatic carbocycles. The van der Waals surface area contributed by atoms with Crippen molar-refractivity contribution >= 4 is 29.3 Å². The Morgan fingerprint density at radius 2 is 1.67 bits per heavy atom. The number of ether oxygens (including phenoxy) is 1. The molecular formula is C33H46FN7O5. The number of rotatable bonds is 14. The van der Waals surface area contributed by atoms with Crippen LogP contribution in [0.1, 0.15) is 61.5 Å². The molecule has 12 nitrogen and oxygen atoms in total. The maximum atomic E-state index is 15.7. The number of carbonyl (C=O) groups is 4. The number of aromatic nitrogens is 2. The molecule has 5 rings (SSSR count). The van der Waals surface area contributed by atoms with Gasteiger partial charge in [0.05, 0.1) is 5.69 Å².